The van der Waals surface area contributed by atoms with Crippen molar-refractivity contribution in [2.45, 2.75) is 50.8 Å². The number of carbonyl (C=O) groups is 1. The highest BCUT2D eigenvalue weighted by Gasteiger charge is 2.42. The predicted octanol–water partition coefficient (Wildman–Crippen LogP) is 5.00. The number of nitrogens with zero attached hydrogens (tertiary/aromatic N) is 4. The van der Waals surface area contributed by atoms with E-state index < -0.39 is 11.8 Å². The average Bonchev–Trinajstić information content (AvgIpc) is 3.52. The maximum Gasteiger partial charge on any atom is 0.354 e. The zero-order chi connectivity index (χ0) is 29.0. The molecule has 11 heteroatoms. The van der Waals surface area contributed by atoms with Crippen LogP contribution in [0.5, 0.6) is 11.5 Å². The van der Waals surface area contributed by atoms with E-state index in [1.807, 2.05) is 31.2 Å². The Hall–Kier alpha value is -3.86. The number of fused-ring (bicyclic) bond motifs is 2. The molecule has 0 radical (unpaired) electrons. The number of hydrogen-bond donors (Lipinski definition) is 2. The molecule has 2 N–H and O–H groups in total. The van der Waals surface area contributed by atoms with E-state index >= 15 is 0 Å². The number of rotatable bonds is 7. The fourth-order valence-electron chi connectivity index (χ4n) is 6.15. The minimum atomic E-state index is -1.04. The molecule has 10 nitrogen and oxygen atoms in total. The van der Waals surface area contributed by atoms with Crippen LogP contribution >= 0.6 is 11.6 Å². The second-order valence-corrected chi connectivity index (χ2v) is 11.7. The van der Waals surface area contributed by atoms with Crippen molar-refractivity contribution in [3.05, 3.63) is 76.7 Å². The molecule has 2 aromatic heterocycles. The van der Waals surface area contributed by atoms with E-state index in [9.17, 15) is 9.90 Å². The van der Waals surface area contributed by atoms with E-state index in [4.69, 9.17) is 25.8 Å². The first-order chi connectivity index (χ1) is 20.3. The van der Waals surface area contributed by atoms with Crippen LogP contribution in [-0.4, -0.2) is 70.5 Å². The number of ether oxygens (including phenoxy) is 3. The van der Waals surface area contributed by atoms with Gasteiger partial charge in [-0.2, -0.15) is 0 Å². The summed E-state index contributed by atoms with van der Waals surface area (Å²) >= 11 is 6.04. The first-order valence-electron chi connectivity index (χ1n) is 14.2. The lowest BCUT2D eigenvalue weighted by Crippen LogP contribution is -2.55. The summed E-state index contributed by atoms with van der Waals surface area (Å²) in [5.41, 5.74) is 3.83. The van der Waals surface area contributed by atoms with E-state index in [0.29, 0.717) is 22.3 Å². The number of benzene rings is 1. The number of hydrogen-bond acceptors (Lipinski definition) is 9. The standard InChI is InChI=1S/C31H32ClN5O5/c1-18(29-35-28-24(8-7-23(34-28)30(38)39)37(29)17-21-12-15-40-21)36-13-10-19(11-14-36)22-4-3-5-25-27(22)42-31(2,41-25)26-9-6-20(32)16-33-26/h3-10,16,18,21,29H,11-15,17H2,1-2H3,(H,34,35)(H,38,39)/t18?,21-,29?,31-/m0/s1. The van der Waals surface area contributed by atoms with Gasteiger partial charge in [-0.25, -0.2) is 9.78 Å². The third-order valence-corrected chi connectivity index (χ3v) is 8.83. The number of halogens is 1. The smallest absolute Gasteiger partial charge is 0.354 e. The molecule has 0 aliphatic carbocycles. The minimum absolute atomic E-state index is 0.0319. The second-order valence-electron chi connectivity index (χ2n) is 11.3. The van der Waals surface area contributed by atoms with Crippen LogP contribution in [0.3, 0.4) is 0 Å². The Morgan fingerprint density at radius 1 is 1.24 bits per heavy atom. The van der Waals surface area contributed by atoms with Crippen molar-refractivity contribution in [2.75, 3.05) is 36.5 Å². The molecule has 3 aromatic rings. The molecule has 4 atom stereocenters. The van der Waals surface area contributed by atoms with Gasteiger partial charge in [0.2, 0.25) is 0 Å². The van der Waals surface area contributed by atoms with E-state index in [1.165, 1.54) is 5.57 Å². The van der Waals surface area contributed by atoms with Crippen LogP contribution in [0, 0.1) is 0 Å². The molecule has 4 aliphatic heterocycles. The largest absolute Gasteiger partial charge is 0.477 e. The zero-order valence-electron chi connectivity index (χ0n) is 23.4. The summed E-state index contributed by atoms with van der Waals surface area (Å²) in [6.45, 7) is 7.19. The topological polar surface area (TPSA) is 109 Å². The molecule has 4 aliphatic rings. The van der Waals surface area contributed by atoms with Crippen LogP contribution in [-0.2, 0) is 10.5 Å². The number of aromatic carboxylic acids is 1. The number of anilines is 2. The maximum atomic E-state index is 11.6. The highest BCUT2D eigenvalue weighted by Crippen LogP contribution is 2.48. The van der Waals surface area contributed by atoms with Crippen LogP contribution in [0.2, 0.25) is 5.02 Å². The van der Waals surface area contributed by atoms with Gasteiger partial charge in [0.05, 0.1) is 16.8 Å². The number of pyridine rings is 2. The third kappa shape index (κ3) is 4.73. The first-order valence-corrected chi connectivity index (χ1v) is 14.6. The van der Waals surface area contributed by atoms with Gasteiger partial charge in [-0.3, -0.25) is 9.88 Å². The lowest BCUT2D eigenvalue weighted by atomic mass is 9.97. The molecule has 0 amide bonds. The molecule has 42 heavy (non-hydrogen) atoms. The first kappa shape index (κ1) is 27.0. The summed E-state index contributed by atoms with van der Waals surface area (Å²) in [6.07, 6.45) is 5.81. The highest BCUT2D eigenvalue weighted by atomic mass is 35.5. The summed E-state index contributed by atoms with van der Waals surface area (Å²) in [6, 6.07) is 13.1. The highest BCUT2D eigenvalue weighted by molar-refractivity contribution is 6.30. The number of aromatic nitrogens is 2. The SMILES string of the molecule is CC(C1Nc2nc(C(=O)O)ccc2N1C[C@@H]1CCO1)N1CC=C(c2cccc3c2O[C@@](C)(c2ccc(Cl)cn2)O3)CC1. The van der Waals surface area contributed by atoms with Crippen molar-refractivity contribution in [1.29, 1.82) is 0 Å². The van der Waals surface area contributed by atoms with Crippen molar-refractivity contribution in [3.8, 4) is 11.5 Å². The summed E-state index contributed by atoms with van der Waals surface area (Å²) < 4.78 is 18.4. The van der Waals surface area contributed by atoms with Crippen LogP contribution in [0.4, 0.5) is 11.5 Å². The molecule has 1 saturated heterocycles. The lowest BCUT2D eigenvalue weighted by Gasteiger charge is -2.41. The fourth-order valence-corrected chi connectivity index (χ4v) is 6.26. The van der Waals surface area contributed by atoms with Gasteiger partial charge in [0.1, 0.15) is 11.9 Å². The second kappa shape index (κ2) is 10.4. The van der Waals surface area contributed by atoms with Gasteiger partial charge in [-0.1, -0.05) is 29.8 Å². The van der Waals surface area contributed by atoms with Crippen molar-refractivity contribution < 1.29 is 24.1 Å². The molecule has 0 saturated carbocycles. The number of nitrogens with one attached hydrogen (secondary N) is 1. The van der Waals surface area contributed by atoms with Crippen LogP contribution in [0.1, 0.15) is 48.4 Å². The molecule has 1 fully saturated rings. The number of carboxylic acids is 1. The minimum Gasteiger partial charge on any atom is -0.477 e. The van der Waals surface area contributed by atoms with Gasteiger partial charge in [-0.15, -0.1) is 0 Å². The summed E-state index contributed by atoms with van der Waals surface area (Å²) in [7, 11) is 0. The number of para-hydroxylation sites is 1. The van der Waals surface area contributed by atoms with Gasteiger partial charge in [0.25, 0.3) is 5.79 Å². The summed E-state index contributed by atoms with van der Waals surface area (Å²) in [5.74, 6) is -0.0491. The Morgan fingerprint density at radius 3 is 2.79 bits per heavy atom. The van der Waals surface area contributed by atoms with E-state index in [-0.39, 0.29) is 24.0 Å². The van der Waals surface area contributed by atoms with Crippen molar-refractivity contribution in [2.24, 2.45) is 0 Å². The molecule has 218 valence electrons. The Bertz CT molecular complexity index is 1560. The molecular weight excluding hydrogens is 558 g/mol. The molecular formula is C31H32ClN5O5. The number of carboxylic acid groups (broad SMARTS) is 1. The predicted molar refractivity (Wildman–Crippen MR) is 158 cm³/mol. The molecule has 0 spiro atoms. The normalized spacial score (nSPS) is 25.3. The van der Waals surface area contributed by atoms with Crippen LogP contribution in [0.15, 0.2) is 54.7 Å². The monoisotopic (exact) mass is 589 g/mol. The molecule has 1 aromatic carbocycles. The van der Waals surface area contributed by atoms with Gasteiger partial charge in [-0.05, 0) is 55.7 Å². The van der Waals surface area contributed by atoms with Crippen molar-refractivity contribution in [1.82, 2.24) is 14.9 Å². The van der Waals surface area contributed by atoms with Crippen molar-refractivity contribution >= 4 is 34.6 Å². The van der Waals surface area contributed by atoms with Gasteiger partial charge in [0.15, 0.2) is 23.0 Å². The van der Waals surface area contributed by atoms with Crippen molar-refractivity contribution in [3.63, 3.8) is 0 Å². The molecule has 0 bridgehead atoms. The van der Waals surface area contributed by atoms with E-state index in [0.717, 1.165) is 56.1 Å². The van der Waals surface area contributed by atoms with Gasteiger partial charge < -0.3 is 29.5 Å². The lowest BCUT2D eigenvalue weighted by molar-refractivity contribution is -0.0718. The van der Waals surface area contributed by atoms with Crippen LogP contribution < -0.4 is 19.7 Å². The quantitative estimate of drug-likeness (QED) is 0.391. The van der Waals surface area contributed by atoms with Crippen LogP contribution in [0.25, 0.3) is 5.57 Å². The van der Waals surface area contributed by atoms with E-state index in [1.54, 1.807) is 18.3 Å². The van der Waals surface area contributed by atoms with Gasteiger partial charge in [0, 0.05) is 51.0 Å². The summed E-state index contributed by atoms with van der Waals surface area (Å²) in [4.78, 5) is 25.1. The Labute approximate surface area is 248 Å². The molecule has 2 unspecified atom stereocenters. The summed E-state index contributed by atoms with van der Waals surface area (Å²) in [5, 5.41) is 13.5. The Kier molecular flexibility index (Phi) is 6.72. The third-order valence-electron chi connectivity index (χ3n) is 8.61. The molecule has 6 heterocycles. The Morgan fingerprint density at radius 2 is 2.10 bits per heavy atom. The zero-order valence-corrected chi connectivity index (χ0v) is 24.2. The molecule has 7 rings (SSSR count). The van der Waals surface area contributed by atoms with E-state index in [2.05, 4.69) is 44.2 Å². The van der Waals surface area contributed by atoms with Gasteiger partial charge >= 0.3 is 5.97 Å². The average molecular weight is 590 g/mol. The fraction of sp³-hybridized carbons (Fsp3) is 0.387. The Balaban J connectivity index is 1.09. The maximum absolute atomic E-state index is 11.6.